The molecule has 1 aromatic carbocycles. The predicted molar refractivity (Wildman–Crippen MR) is 145 cm³/mol. The number of nitrogens with one attached hydrogen (secondary N) is 1. The number of fused-ring (bicyclic) bond motifs is 1. The number of aromatic nitrogens is 4. The van der Waals surface area contributed by atoms with Crippen LogP contribution in [-0.2, 0) is 16.1 Å². The summed E-state index contributed by atoms with van der Waals surface area (Å²) in [6, 6.07) is 4.93. The Bertz CT molecular complexity index is 1660. The second kappa shape index (κ2) is 11.0. The molecule has 10 nitrogen and oxygen atoms in total. The van der Waals surface area contributed by atoms with Gasteiger partial charge in [0.15, 0.2) is 0 Å². The molecule has 0 radical (unpaired) electrons. The number of carbonyl (C=O) groups excluding carboxylic acids is 1. The summed E-state index contributed by atoms with van der Waals surface area (Å²) in [6.45, 7) is 6.08. The predicted octanol–water partition coefficient (Wildman–Crippen LogP) is 3.26. The number of hydrogen-bond acceptors (Lipinski definition) is 7. The average Bonchev–Trinajstić information content (AvgIpc) is 3.67. The summed E-state index contributed by atoms with van der Waals surface area (Å²) in [6.07, 6.45) is 5.10. The zero-order valence-electron chi connectivity index (χ0n) is 21.6. The largest absolute Gasteiger partial charge is 0.496 e. The molecule has 0 unspecified atom stereocenters. The summed E-state index contributed by atoms with van der Waals surface area (Å²) in [5, 5.41) is 7.99. The summed E-state index contributed by atoms with van der Waals surface area (Å²) >= 11 is 1.24. The summed E-state index contributed by atoms with van der Waals surface area (Å²) < 4.78 is 30.1. The van der Waals surface area contributed by atoms with Crippen molar-refractivity contribution < 1.29 is 18.7 Å². The molecule has 4 aromatic rings. The van der Waals surface area contributed by atoms with E-state index in [0.29, 0.717) is 51.5 Å². The molecule has 1 aliphatic heterocycles. The van der Waals surface area contributed by atoms with Gasteiger partial charge in [0.1, 0.15) is 33.5 Å². The Balaban J connectivity index is 1.75. The molecular formula is C27H28FN5O5S. The van der Waals surface area contributed by atoms with Gasteiger partial charge in [-0.1, -0.05) is 17.4 Å². The monoisotopic (exact) mass is 553 g/mol. The normalized spacial score (nSPS) is 16.0. The lowest BCUT2D eigenvalue weighted by molar-refractivity contribution is -0.122. The van der Waals surface area contributed by atoms with E-state index in [1.54, 1.807) is 36.1 Å². The first-order chi connectivity index (χ1) is 18.8. The Labute approximate surface area is 226 Å². The van der Waals surface area contributed by atoms with Crippen molar-refractivity contribution in [2.75, 3.05) is 20.3 Å². The highest BCUT2D eigenvalue weighted by Gasteiger charge is 2.32. The third-order valence-corrected chi connectivity index (χ3v) is 8.09. The highest BCUT2D eigenvalue weighted by molar-refractivity contribution is 7.21. The first-order valence-corrected chi connectivity index (χ1v) is 13.3. The van der Waals surface area contributed by atoms with Gasteiger partial charge in [-0.25, -0.2) is 18.4 Å². The standard InChI is InChI=1S/C27H28FN5O5S/c1-4-5-13-38-21(18-14-17(28)7-8-20(18)37-3)15-31-26-22(16(2)25(39-26)32-12-6-10-30-32)24(35)33(27(31)36)19-9-11-29-23(19)34/h4,6-8,10,12,14,19,21H,1,5,9,11,13,15H2,2-3H3,(H,29,34)/t19-,21-/m0/s1. The zero-order chi connectivity index (χ0) is 27.7. The number of nitrogens with zero attached hydrogens (tertiary/aromatic N) is 4. The summed E-state index contributed by atoms with van der Waals surface area (Å²) in [5.74, 6) is -0.473. The third-order valence-electron chi connectivity index (χ3n) is 6.79. The molecule has 1 aliphatic rings. The van der Waals surface area contributed by atoms with E-state index < -0.39 is 29.2 Å². The van der Waals surface area contributed by atoms with Crippen LogP contribution in [0.2, 0.25) is 0 Å². The summed E-state index contributed by atoms with van der Waals surface area (Å²) in [7, 11) is 1.47. The fraction of sp³-hybridized carbons (Fsp3) is 0.333. The van der Waals surface area contributed by atoms with E-state index >= 15 is 0 Å². The van der Waals surface area contributed by atoms with Gasteiger partial charge in [0, 0.05) is 30.1 Å². The number of thiophene rings is 1. The van der Waals surface area contributed by atoms with Gasteiger partial charge in [-0.3, -0.25) is 14.2 Å². The molecule has 2 atom stereocenters. The van der Waals surface area contributed by atoms with Gasteiger partial charge in [0.2, 0.25) is 5.91 Å². The molecule has 1 amide bonds. The quantitative estimate of drug-likeness (QED) is 0.239. The number of carbonyl (C=O) groups is 1. The van der Waals surface area contributed by atoms with E-state index in [2.05, 4.69) is 17.0 Å². The van der Waals surface area contributed by atoms with Gasteiger partial charge in [0.05, 0.1) is 25.6 Å². The Morgan fingerprint density at radius 3 is 2.82 bits per heavy atom. The molecule has 1 fully saturated rings. The van der Waals surface area contributed by atoms with Crippen LogP contribution in [0.4, 0.5) is 4.39 Å². The van der Waals surface area contributed by atoms with Crippen molar-refractivity contribution in [3.8, 4) is 10.8 Å². The Hall–Kier alpha value is -4.03. The molecule has 4 heterocycles. The van der Waals surface area contributed by atoms with E-state index in [-0.39, 0.29) is 19.1 Å². The van der Waals surface area contributed by atoms with Gasteiger partial charge >= 0.3 is 5.69 Å². The van der Waals surface area contributed by atoms with Gasteiger partial charge in [-0.2, -0.15) is 5.10 Å². The van der Waals surface area contributed by atoms with E-state index in [1.165, 1.54) is 41.2 Å². The molecule has 0 aliphatic carbocycles. The molecule has 204 valence electrons. The zero-order valence-corrected chi connectivity index (χ0v) is 22.4. The number of ether oxygens (including phenoxy) is 2. The van der Waals surface area contributed by atoms with E-state index in [0.717, 1.165) is 4.57 Å². The minimum Gasteiger partial charge on any atom is -0.496 e. The van der Waals surface area contributed by atoms with Crippen LogP contribution in [0.25, 0.3) is 15.2 Å². The van der Waals surface area contributed by atoms with Crippen molar-refractivity contribution in [1.29, 1.82) is 0 Å². The lowest BCUT2D eigenvalue weighted by Gasteiger charge is -2.23. The molecule has 5 rings (SSSR count). The number of benzene rings is 1. The number of aryl methyl sites for hydroxylation is 1. The number of amides is 1. The Kier molecular flexibility index (Phi) is 7.49. The van der Waals surface area contributed by atoms with Crippen molar-refractivity contribution >= 4 is 27.5 Å². The topological polar surface area (TPSA) is 109 Å². The maximum absolute atomic E-state index is 14.4. The minimum absolute atomic E-state index is 0.0561. The highest BCUT2D eigenvalue weighted by Crippen LogP contribution is 2.34. The van der Waals surface area contributed by atoms with Crippen molar-refractivity contribution in [2.45, 2.75) is 38.5 Å². The van der Waals surface area contributed by atoms with Crippen LogP contribution < -0.4 is 21.3 Å². The molecule has 0 saturated carbocycles. The van der Waals surface area contributed by atoms with E-state index in [9.17, 15) is 18.8 Å². The molecule has 3 aromatic heterocycles. The number of methoxy groups -OCH3 is 1. The summed E-state index contributed by atoms with van der Waals surface area (Å²) in [5.41, 5.74) is -0.126. The average molecular weight is 554 g/mol. The maximum Gasteiger partial charge on any atom is 0.332 e. The van der Waals surface area contributed by atoms with Crippen LogP contribution in [0, 0.1) is 12.7 Å². The molecular weight excluding hydrogens is 525 g/mol. The number of rotatable bonds is 10. The van der Waals surface area contributed by atoms with Crippen molar-refractivity contribution in [1.82, 2.24) is 24.2 Å². The highest BCUT2D eigenvalue weighted by atomic mass is 32.1. The molecule has 12 heteroatoms. The minimum atomic E-state index is -0.933. The van der Waals surface area contributed by atoms with Crippen LogP contribution >= 0.6 is 11.3 Å². The van der Waals surface area contributed by atoms with Crippen LogP contribution in [0.5, 0.6) is 5.75 Å². The van der Waals surface area contributed by atoms with Gasteiger partial charge in [0.25, 0.3) is 5.56 Å². The molecule has 1 N–H and O–H groups in total. The number of hydrogen-bond donors (Lipinski definition) is 1. The van der Waals surface area contributed by atoms with Crippen LogP contribution in [0.3, 0.4) is 0 Å². The Morgan fingerprint density at radius 2 is 2.15 bits per heavy atom. The first kappa shape index (κ1) is 26.6. The van der Waals surface area contributed by atoms with Crippen LogP contribution in [-0.4, -0.2) is 45.1 Å². The van der Waals surface area contributed by atoms with Crippen LogP contribution in [0.15, 0.2) is 58.9 Å². The van der Waals surface area contributed by atoms with Gasteiger partial charge in [-0.15, -0.1) is 6.58 Å². The van der Waals surface area contributed by atoms with Crippen molar-refractivity contribution in [3.05, 3.63) is 87.1 Å². The fourth-order valence-corrected chi connectivity index (χ4v) is 6.13. The molecule has 1 saturated heterocycles. The molecule has 39 heavy (non-hydrogen) atoms. The number of halogens is 1. The first-order valence-electron chi connectivity index (χ1n) is 12.5. The van der Waals surface area contributed by atoms with Gasteiger partial charge < -0.3 is 14.8 Å². The molecule has 0 spiro atoms. The van der Waals surface area contributed by atoms with Crippen molar-refractivity contribution in [2.24, 2.45) is 0 Å². The van der Waals surface area contributed by atoms with E-state index in [4.69, 9.17) is 9.47 Å². The smallest absolute Gasteiger partial charge is 0.332 e. The molecule has 0 bridgehead atoms. The Morgan fingerprint density at radius 1 is 1.33 bits per heavy atom. The summed E-state index contributed by atoms with van der Waals surface area (Å²) in [4.78, 5) is 40.8. The van der Waals surface area contributed by atoms with Gasteiger partial charge in [-0.05, 0) is 44.0 Å². The lowest BCUT2D eigenvalue weighted by atomic mass is 10.1. The second-order valence-electron chi connectivity index (χ2n) is 9.15. The maximum atomic E-state index is 14.4. The third kappa shape index (κ3) is 4.81. The fourth-order valence-electron chi connectivity index (χ4n) is 4.88. The second-order valence-corrected chi connectivity index (χ2v) is 10.1. The van der Waals surface area contributed by atoms with Crippen molar-refractivity contribution in [3.63, 3.8) is 0 Å². The van der Waals surface area contributed by atoms with E-state index in [1.807, 2.05) is 0 Å². The lowest BCUT2D eigenvalue weighted by Crippen LogP contribution is -2.44. The van der Waals surface area contributed by atoms with Crippen LogP contribution in [0.1, 0.15) is 36.1 Å². The SMILES string of the molecule is C=CCCO[C@@H](Cn1c(=O)n([C@H]2CCNC2=O)c(=O)c2c(C)c(-n3cccn3)sc21)c1cc(F)ccc1OC.